The minimum Gasteiger partial charge on any atom is -0.356 e. The summed E-state index contributed by atoms with van der Waals surface area (Å²) in [4.78, 5) is 4.78. The van der Waals surface area contributed by atoms with Gasteiger partial charge in [0.1, 0.15) is 0 Å². The van der Waals surface area contributed by atoms with Crippen LogP contribution in [0.3, 0.4) is 0 Å². The van der Waals surface area contributed by atoms with Crippen LogP contribution in [0.1, 0.15) is 18.9 Å². The number of aromatic nitrogens is 6. The van der Waals surface area contributed by atoms with Gasteiger partial charge in [-0.15, -0.1) is 10.2 Å². The molecule has 0 saturated carbocycles. The van der Waals surface area contributed by atoms with Gasteiger partial charge in [0.05, 0.1) is 17.6 Å². The molecular weight excluding hydrogens is 386 g/mol. The monoisotopic (exact) mass is 409 g/mol. The van der Waals surface area contributed by atoms with Crippen molar-refractivity contribution in [3.05, 3.63) is 78.4 Å². The predicted octanol–water partition coefficient (Wildman–Crippen LogP) is 4.75. The molecule has 31 heavy (non-hydrogen) atoms. The van der Waals surface area contributed by atoms with Crippen LogP contribution < -0.4 is 5.32 Å². The molecule has 0 atom stereocenters. The largest absolute Gasteiger partial charge is 0.356 e. The lowest BCUT2D eigenvalue weighted by atomic mass is 9.98. The van der Waals surface area contributed by atoms with Crippen molar-refractivity contribution in [3.63, 3.8) is 0 Å². The van der Waals surface area contributed by atoms with E-state index < -0.39 is 0 Å². The molecule has 0 radical (unpaired) electrons. The van der Waals surface area contributed by atoms with Crippen molar-refractivity contribution in [2.24, 2.45) is 0 Å². The van der Waals surface area contributed by atoms with E-state index in [0.29, 0.717) is 5.82 Å². The molecule has 2 heterocycles. The summed E-state index contributed by atoms with van der Waals surface area (Å²) in [5, 5.41) is 18.0. The molecule has 2 N–H and O–H groups in total. The van der Waals surface area contributed by atoms with Crippen molar-refractivity contribution in [2.75, 3.05) is 11.9 Å². The van der Waals surface area contributed by atoms with Crippen LogP contribution in [-0.2, 0) is 6.54 Å². The number of imidazole rings is 1. The first-order chi connectivity index (χ1) is 15.3. The number of fused-ring (bicyclic) bond motifs is 1. The second-order valence-corrected chi connectivity index (χ2v) is 7.41. The first-order valence-corrected chi connectivity index (χ1v) is 10.4. The lowest BCUT2D eigenvalue weighted by Crippen LogP contribution is -2.09. The number of hydrogen-bond acceptors (Lipinski definition) is 5. The van der Waals surface area contributed by atoms with E-state index in [9.17, 15) is 0 Å². The van der Waals surface area contributed by atoms with E-state index in [4.69, 9.17) is 4.98 Å². The van der Waals surface area contributed by atoms with Gasteiger partial charge < -0.3 is 9.88 Å². The predicted molar refractivity (Wildman–Crippen MR) is 123 cm³/mol. The van der Waals surface area contributed by atoms with Crippen LogP contribution in [0.25, 0.3) is 33.5 Å². The highest BCUT2D eigenvalue weighted by Gasteiger charge is 2.12. The van der Waals surface area contributed by atoms with Crippen molar-refractivity contribution in [1.82, 2.24) is 30.2 Å². The first kappa shape index (κ1) is 19.0. The molecule has 0 aliphatic carbocycles. The summed E-state index contributed by atoms with van der Waals surface area (Å²) in [6.07, 6.45) is 1.05. The molecule has 154 valence electrons. The molecule has 0 fully saturated rings. The smallest absolute Gasteiger partial charge is 0.205 e. The molecule has 7 heteroatoms. The molecule has 3 aromatic carbocycles. The summed E-state index contributed by atoms with van der Waals surface area (Å²) in [7, 11) is 0. The zero-order valence-electron chi connectivity index (χ0n) is 17.3. The van der Waals surface area contributed by atoms with Crippen LogP contribution in [0.2, 0.25) is 0 Å². The maximum absolute atomic E-state index is 4.78. The van der Waals surface area contributed by atoms with Gasteiger partial charge in [-0.25, -0.2) is 4.98 Å². The highest BCUT2D eigenvalue weighted by Crippen LogP contribution is 2.30. The Kier molecular flexibility index (Phi) is 5.14. The SMILES string of the molecule is CCCNc1nc2ccccc2n1Cc1ccc(-c2ccccc2-c2nn[nH]n2)cc1. The Bertz CT molecular complexity index is 1290. The lowest BCUT2D eigenvalue weighted by molar-refractivity contribution is 0.816. The molecule has 0 aliphatic rings. The van der Waals surface area contributed by atoms with Crippen LogP contribution >= 0.6 is 0 Å². The summed E-state index contributed by atoms with van der Waals surface area (Å²) >= 11 is 0. The van der Waals surface area contributed by atoms with E-state index in [-0.39, 0.29) is 0 Å². The van der Waals surface area contributed by atoms with E-state index in [2.05, 4.69) is 86.0 Å². The minimum atomic E-state index is 0.594. The van der Waals surface area contributed by atoms with E-state index in [1.54, 1.807) is 0 Å². The zero-order valence-corrected chi connectivity index (χ0v) is 17.3. The van der Waals surface area contributed by atoms with E-state index in [1.807, 2.05) is 24.3 Å². The Hall–Kier alpha value is -4.00. The quantitative estimate of drug-likeness (QED) is 0.405. The number of tetrazole rings is 1. The van der Waals surface area contributed by atoms with E-state index in [0.717, 1.165) is 53.2 Å². The number of anilines is 1. The number of aromatic amines is 1. The van der Waals surface area contributed by atoms with Crippen LogP contribution in [0.15, 0.2) is 72.8 Å². The van der Waals surface area contributed by atoms with Gasteiger partial charge in [0.2, 0.25) is 11.8 Å². The number of H-pyrrole nitrogens is 1. The number of benzene rings is 3. The average Bonchev–Trinajstić information content (AvgIpc) is 3.47. The molecule has 5 aromatic rings. The number of hydrogen-bond donors (Lipinski definition) is 2. The summed E-state index contributed by atoms with van der Waals surface area (Å²) in [5.74, 6) is 1.51. The van der Waals surface area contributed by atoms with Crippen LogP contribution in [0.4, 0.5) is 5.95 Å². The molecule has 2 aromatic heterocycles. The fourth-order valence-electron chi connectivity index (χ4n) is 3.79. The molecule has 0 amide bonds. The molecule has 0 unspecified atom stereocenters. The van der Waals surface area contributed by atoms with Gasteiger partial charge in [0, 0.05) is 12.1 Å². The summed E-state index contributed by atoms with van der Waals surface area (Å²) < 4.78 is 2.24. The Morgan fingerprint density at radius 2 is 1.68 bits per heavy atom. The molecule has 7 nitrogen and oxygen atoms in total. The highest BCUT2D eigenvalue weighted by atomic mass is 15.5. The maximum atomic E-state index is 4.78. The van der Waals surface area contributed by atoms with Crippen molar-refractivity contribution >= 4 is 17.0 Å². The number of nitrogens with zero attached hydrogens (tertiary/aromatic N) is 5. The van der Waals surface area contributed by atoms with Gasteiger partial charge in [0.15, 0.2) is 0 Å². The van der Waals surface area contributed by atoms with Crippen LogP contribution in [0, 0.1) is 0 Å². The van der Waals surface area contributed by atoms with E-state index >= 15 is 0 Å². The summed E-state index contributed by atoms with van der Waals surface area (Å²) in [6, 6.07) is 25.0. The minimum absolute atomic E-state index is 0.594. The van der Waals surface area contributed by atoms with Crippen molar-refractivity contribution in [3.8, 4) is 22.5 Å². The van der Waals surface area contributed by atoms with Gasteiger partial charge in [-0.2, -0.15) is 5.21 Å². The van der Waals surface area contributed by atoms with Gasteiger partial charge >= 0.3 is 0 Å². The van der Waals surface area contributed by atoms with Crippen molar-refractivity contribution < 1.29 is 0 Å². The first-order valence-electron chi connectivity index (χ1n) is 10.4. The third-order valence-corrected chi connectivity index (χ3v) is 5.31. The highest BCUT2D eigenvalue weighted by molar-refractivity contribution is 5.81. The summed E-state index contributed by atoms with van der Waals surface area (Å²) in [5.41, 5.74) is 6.50. The molecular formula is C24H23N7. The summed E-state index contributed by atoms with van der Waals surface area (Å²) in [6.45, 7) is 3.81. The lowest BCUT2D eigenvalue weighted by Gasteiger charge is -2.12. The number of nitrogens with one attached hydrogen (secondary N) is 2. The third-order valence-electron chi connectivity index (χ3n) is 5.31. The Balaban J connectivity index is 1.46. The molecule has 0 aliphatic heterocycles. The maximum Gasteiger partial charge on any atom is 0.205 e. The average molecular weight is 409 g/mol. The van der Waals surface area contributed by atoms with Gasteiger partial charge in [0.25, 0.3) is 0 Å². The van der Waals surface area contributed by atoms with Gasteiger partial charge in [-0.3, -0.25) is 0 Å². The Morgan fingerprint density at radius 3 is 2.45 bits per heavy atom. The zero-order chi connectivity index (χ0) is 21.0. The standard InChI is InChI=1S/C24H23N7/c1-2-15-25-24-26-21-9-5-6-10-22(21)31(24)16-17-11-13-18(14-12-17)19-7-3-4-8-20(19)23-27-29-30-28-23/h3-14H,2,15-16H2,1H3,(H,25,26)(H,27,28,29,30). The number of rotatable bonds is 7. The van der Waals surface area contributed by atoms with Gasteiger partial charge in [-0.05, 0) is 40.5 Å². The van der Waals surface area contributed by atoms with Gasteiger partial charge in [-0.1, -0.05) is 67.6 Å². The molecule has 0 bridgehead atoms. The number of para-hydroxylation sites is 2. The van der Waals surface area contributed by atoms with Crippen LogP contribution in [-0.4, -0.2) is 36.7 Å². The topological polar surface area (TPSA) is 84.3 Å². The Morgan fingerprint density at radius 1 is 0.903 bits per heavy atom. The molecule has 5 rings (SSSR count). The van der Waals surface area contributed by atoms with Crippen molar-refractivity contribution in [1.29, 1.82) is 0 Å². The second-order valence-electron chi connectivity index (χ2n) is 7.41. The fraction of sp³-hybridized carbons (Fsp3) is 0.167. The van der Waals surface area contributed by atoms with Crippen LogP contribution in [0.5, 0.6) is 0 Å². The fourth-order valence-corrected chi connectivity index (χ4v) is 3.79. The molecule has 0 spiro atoms. The Labute approximate surface area is 180 Å². The van der Waals surface area contributed by atoms with E-state index in [1.165, 1.54) is 5.56 Å². The normalized spacial score (nSPS) is 11.1. The second kappa shape index (κ2) is 8.39. The van der Waals surface area contributed by atoms with Crippen molar-refractivity contribution in [2.45, 2.75) is 19.9 Å². The molecule has 0 saturated heterocycles. The third kappa shape index (κ3) is 3.77.